The van der Waals surface area contributed by atoms with Gasteiger partial charge in [-0.15, -0.1) is 0 Å². The van der Waals surface area contributed by atoms with E-state index in [9.17, 15) is 0 Å². The van der Waals surface area contributed by atoms with Crippen LogP contribution in [0.3, 0.4) is 0 Å². The van der Waals surface area contributed by atoms with Crippen LogP contribution >= 0.6 is 15.9 Å². The normalized spacial score (nSPS) is 10.6. The van der Waals surface area contributed by atoms with Crippen LogP contribution in [-0.4, -0.2) is 30.6 Å². The van der Waals surface area contributed by atoms with Crippen molar-refractivity contribution in [3.05, 3.63) is 10.8 Å². The molecule has 4 nitrogen and oxygen atoms in total. The molecule has 0 radical (unpaired) electrons. The fourth-order valence-electron chi connectivity index (χ4n) is 1.36. The van der Waals surface area contributed by atoms with E-state index in [4.69, 9.17) is 0 Å². The Hall–Kier alpha value is -0.840. The second-order valence-corrected chi connectivity index (χ2v) is 5.01. The second-order valence-electron chi connectivity index (χ2n) is 4.21. The van der Waals surface area contributed by atoms with Crippen LogP contribution in [0, 0.1) is 5.92 Å². The molecule has 0 spiro atoms. The van der Waals surface area contributed by atoms with E-state index in [0.717, 1.165) is 29.1 Å². The molecule has 5 heteroatoms. The van der Waals surface area contributed by atoms with Gasteiger partial charge in [-0.05, 0) is 28.3 Å². The summed E-state index contributed by atoms with van der Waals surface area (Å²) in [6.45, 7) is 5.44. The zero-order valence-electron chi connectivity index (χ0n) is 10.3. The number of hydrogen-bond acceptors (Lipinski definition) is 4. The van der Waals surface area contributed by atoms with Gasteiger partial charge >= 0.3 is 0 Å². The monoisotopic (exact) mass is 286 g/mol. The van der Waals surface area contributed by atoms with Gasteiger partial charge in [-0.25, -0.2) is 9.97 Å². The van der Waals surface area contributed by atoms with Gasteiger partial charge in [0, 0.05) is 20.6 Å². The summed E-state index contributed by atoms with van der Waals surface area (Å²) in [6.07, 6.45) is 2.74. The van der Waals surface area contributed by atoms with Gasteiger partial charge in [-0.1, -0.05) is 13.8 Å². The summed E-state index contributed by atoms with van der Waals surface area (Å²) >= 11 is 3.52. The molecular weight excluding hydrogens is 268 g/mol. The lowest BCUT2D eigenvalue weighted by atomic mass is 10.1. The molecule has 0 aliphatic heterocycles. The van der Waals surface area contributed by atoms with Crippen LogP contribution in [0.15, 0.2) is 10.8 Å². The third-order valence-electron chi connectivity index (χ3n) is 2.41. The van der Waals surface area contributed by atoms with Crippen molar-refractivity contribution in [1.29, 1.82) is 0 Å². The molecule has 1 heterocycles. The van der Waals surface area contributed by atoms with Crippen LogP contribution in [0.1, 0.15) is 20.3 Å². The molecule has 1 rings (SSSR count). The van der Waals surface area contributed by atoms with E-state index >= 15 is 0 Å². The van der Waals surface area contributed by atoms with Crippen molar-refractivity contribution in [2.45, 2.75) is 20.3 Å². The van der Waals surface area contributed by atoms with Crippen LogP contribution in [0.2, 0.25) is 0 Å². The highest BCUT2D eigenvalue weighted by Crippen LogP contribution is 2.28. The average Bonchev–Trinajstić information content (AvgIpc) is 2.26. The highest BCUT2D eigenvalue weighted by molar-refractivity contribution is 9.10. The van der Waals surface area contributed by atoms with Crippen molar-refractivity contribution in [1.82, 2.24) is 9.97 Å². The summed E-state index contributed by atoms with van der Waals surface area (Å²) in [4.78, 5) is 10.6. The Morgan fingerprint density at radius 2 is 2.12 bits per heavy atom. The van der Waals surface area contributed by atoms with Gasteiger partial charge in [0.15, 0.2) is 0 Å². The number of hydrogen-bond donors (Lipinski definition) is 1. The van der Waals surface area contributed by atoms with Gasteiger partial charge in [-0.3, -0.25) is 0 Å². The zero-order chi connectivity index (χ0) is 12.1. The van der Waals surface area contributed by atoms with Crippen LogP contribution in [0.5, 0.6) is 0 Å². The molecule has 0 aliphatic rings. The predicted octanol–water partition coefficient (Wildman–Crippen LogP) is 2.76. The van der Waals surface area contributed by atoms with E-state index in [2.05, 4.69) is 57.0 Å². The first kappa shape index (κ1) is 13.2. The highest BCUT2D eigenvalue weighted by atomic mass is 79.9. The van der Waals surface area contributed by atoms with E-state index in [0.29, 0.717) is 5.92 Å². The molecule has 0 saturated heterocycles. The third-order valence-corrected chi connectivity index (χ3v) is 3.14. The number of halogens is 1. The van der Waals surface area contributed by atoms with Gasteiger partial charge in [0.25, 0.3) is 0 Å². The number of aromatic nitrogens is 2. The zero-order valence-corrected chi connectivity index (χ0v) is 11.9. The molecule has 0 aliphatic carbocycles. The largest absolute Gasteiger partial charge is 0.372 e. The van der Waals surface area contributed by atoms with Crippen molar-refractivity contribution >= 4 is 27.6 Å². The summed E-state index contributed by atoms with van der Waals surface area (Å²) in [6, 6.07) is 0. The van der Waals surface area contributed by atoms with Crippen molar-refractivity contribution in [3.63, 3.8) is 0 Å². The molecule has 1 aromatic rings. The van der Waals surface area contributed by atoms with Crippen molar-refractivity contribution in [3.8, 4) is 0 Å². The number of rotatable bonds is 5. The lowest BCUT2D eigenvalue weighted by Gasteiger charge is -2.21. The first-order valence-electron chi connectivity index (χ1n) is 5.45. The summed E-state index contributed by atoms with van der Waals surface area (Å²) in [7, 11) is 3.90. The molecule has 90 valence electrons. The van der Waals surface area contributed by atoms with Crippen LogP contribution in [0.4, 0.5) is 11.6 Å². The standard InChI is InChI=1S/C11H19BrN4/c1-8(2)5-6-16(4)11-9(12)10(13-3)14-7-15-11/h7-8H,5-6H2,1-4H3,(H,13,14,15). The maximum Gasteiger partial charge on any atom is 0.148 e. The van der Waals surface area contributed by atoms with Gasteiger partial charge in [0.2, 0.25) is 0 Å². The van der Waals surface area contributed by atoms with Gasteiger partial charge in [0.1, 0.15) is 22.4 Å². The van der Waals surface area contributed by atoms with Crippen molar-refractivity contribution in [2.24, 2.45) is 5.92 Å². The van der Waals surface area contributed by atoms with Crippen LogP contribution in [-0.2, 0) is 0 Å². The summed E-state index contributed by atoms with van der Waals surface area (Å²) in [5.74, 6) is 2.45. The molecule has 1 aromatic heterocycles. The Bertz CT molecular complexity index is 341. The Kier molecular flexibility index (Phi) is 4.99. The van der Waals surface area contributed by atoms with Crippen LogP contribution in [0.25, 0.3) is 0 Å². The Labute approximate surface area is 106 Å². The first-order valence-corrected chi connectivity index (χ1v) is 6.25. The molecule has 0 bridgehead atoms. The average molecular weight is 287 g/mol. The molecule has 0 atom stereocenters. The second kappa shape index (κ2) is 6.03. The smallest absolute Gasteiger partial charge is 0.148 e. The van der Waals surface area contributed by atoms with E-state index in [1.165, 1.54) is 0 Å². The molecule has 0 amide bonds. The van der Waals surface area contributed by atoms with Gasteiger partial charge in [0.05, 0.1) is 0 Å². The predicted molar refractivity (Wildman–Crippen MR) is 72.0 cm³/mol. The third kappa shape index (κ3) is 3.33. The molecule has 1 N–H and O–H groups in total. The maximum atomic E-state index is 4.29. The van der Waals surface area contributed by atoms with Crippen molar-refractivity contribution < 1.29 is 0 Å². The molecule has 0 fully saturated rings. The number of anilines is 2. The van der Waals surface area contributed by atoms with Crippen molar-refractivity contribution in [2.75, 3.05) is 30.9 Å². The lowest BCUT2D eigenvalue weighted by molar-refractivity contribution is 0.583. The molecule has 0 unspecified atom stereocenters. The van der Waals surface area contributed by atoms with E-state index in [1.54, 1.807) is 6.33 Å². The summed E-state index contributed by atoms with van der Waals surface area (Å²) in [5, 5.41) is 3.03. The summed E-state index contributed by atoms with van der Waals surface area (Å²) < 4.78 is 0.920. The molecule has 0 saturated carbocycles. The Morgan fingerprint density at radius 1 is 1.44 bits per heavy atom. The highest BCUT2D eigenvalue weighted by Gasteiger charge is 2.11. The molecular formula is C11H19BrN4. The fourth-order valence-corrected chi connectivity index (χ4v) is 2.06. The minimum absolute atomic E-state index is 0.701. The fraction of sp³-hybridized carbons (Fsp3) is 0.636. The maximum absolute atomic E-state index is 4.29. The van der Waals surface area contributed by atoms with E-state index in [-0.39, 0.29) is 0 Å². The minimum Gasteiger partial charge on any atom is -0.372 e. The Morgan fingerprint density at radius 3 is 2.69 bits per heavy atom. The lowest BCUT2D eigenvalue weighted by Crippen LogP contribution is -2.21. The molecule has 16 heavy (non-hydrogen) atoms. The SMILES string of the molecule is CNc1ncnc(N(C)CCC(C)C)c1Br. The Balaban J connectivity index is 2.78. The topological polar surface area (TPSA) is 41.1 Å². The van der Waals surface area contributed by atoms with Gasteiger partial charge < -0.3 is 10.2 Å². The van der Waals surface area contributed by atoms with Crippen LogP contribution < -0.4 is 10.2 Å². The quantitative estimate of drug-likeness (QED) is 0.904. The van der Waals surface area contributed by atoms with E-state index in [1.807, 2.05) is 7.05 Å². The summed E-state index contributed by atoms with van der Waals surface area (Å²) in [5.41, 5.74) is 0. The van der Waals surface area contributed by atoms with E-state index < -0.39 is 0 Å². The van der Waals surface area contributed by atoms with Gasteiger partial charge in [-0.2, -0.15) is 0 Å². The number of nitrogens with one attached hydrogen (secondary N) is 1. The number of nitrogens with zero attached hydrogens (tertiary/aromatic N) is 3. The molecule has 0 aromatic carbocycles. The minimum atomic E-state index is 0.701. The first-order chi connectivity index (χ1) is 7.56.